The smallest absolute Gasteiger partial charge is 0.144 e. The van der Waals surface area contributed by atoms with Crippen LogP contribution in [0.3, 0.4) is 0 Å². The lowest BCUT2D eigenvalue weighted by atomic mass is 9.64. The highest BCUT2D eigenvalue weighted by atomic mass is 79.9. The van der Waals surface area contributed by atoms with E-state index in [0.717, 1.165) is 25.7 Å². The van der Waals surface area contributed by atoms with E-state index in [9.17, 15) is 4.79 Å². The summed E-state index contributed by atoms with van der Waals surface area (Å²) in [5.41, 5.74) is 3.86. The molecular formula is C16H19BrO. The number of ketones is 1. The van der Waals surface area contributed by atoms with E-state index in [2.05, 4.69) is 48.0 Å². The van der Waals surface area contributed by atoms with E-state index in [-0.39, 0.29) is 5.41 Å². The average Bonchev–Trinajstić information content (AvgIpc) is 2.69. The molecule has 1 spiro atoms. The van der Waals surface area contributed by atoms with E-state index in [0.29, 0.717) is 16.5 Å². The molecule has 18 heavy (non-hydrogen) atoms. The quantitative estimate of drug-likeness (QED) is 0.655. The second kappa shape index (κ2) is 4.19. The van der Waals surface area contributed by atoms with Crippen molar-refractivity contribution in [2.24, 2.45) is 0 Å². The zero-order valence-electron chi connectivity index (χ0n) is 11.0. The third-order valence-corrected chi connectivity index (χ3v) is 6.02. The Morgan fingerprint density at radius 2 is 2.17 bits per heavy atom. The highest BCUT2D eigenvalue weighted by Gasteiger charge is 2.52. The van der Waals surface area contributed by atoms with E-state index in [4.69, 9.17) is 0 Å². The minimum atomic E-state index is -0.228. The zero-order valence-corrected chi connectivity index (χ0v) is 12.6. The molecule has 1 saturated carbocycles. The number of halogens is 1. The van der Waals surface area contributed by atoms with Gasteiger partial charge in [0.1, 0.15) is 5.78 Å². The van der Waals surface area contributed by atoms with Gasteiger partial charge >= 0.3 is 0 Å². The number of alkyl halides is 1. The van der Waals surface area contributed by atoms with Gasteiger partial charge < -0.3 is 0 Å². The molecule has 3 atom stereocenters. The zero-order chi connectivity index (χ0) is 12.9. The topological polar surface area (TPSA) is 17.1 Å². The number of rotatable bonds is 0. The number of fused-ring (bicyclic) bond motifs is 2. The molecule has 0 unspecified atom stereocenters. The molecule has 0 N–H and O–H groups in total. The van der Waals surface area contributed by atoms with Gasteiger partial charge in [-0.15, -0.1) is 0 Å². The maximum Gasteiger partial charge on any atom is 0.144 e. The van der Waals surface area contributed by atoms with Crippen molar-refractivity contribution in [3.05, 3.63) is 34.9 Å². The summed E-state index contributed by atoms with van der Waals surface area (Å²) >= 11 is 3.83. The Morgan fingerprint density at radius 3 is 2.83 bits per heavy atom. The lowest BCUT2D eigenvalue weighted by molar-refractivity contribution is -0.122. The van der Waals surface area contributed by atoms with Crippen LogP contribution in [0, 0.1) is 6.92 Å². The molecule has 0 aliphatic heterocycles. The van der Waals surface area contributed by atoms with Gasteiger partial charge in [-0.1, -0.05) is 41.1 Å². The van der Waals surface area contributed by atoms with Crippen molar-refractivity contribution < 1.29 is 4.79 Å². The lowest BCUT2D eigenvalue weighted by Gasteiger charge is -2.42. The van der Waals surface area contributed by atoms with Crippen molar-refractivity contribution in [1.29, 1.82) is 0 Å². The standard InChI is InChI=1S/C16H19BrO/c1-10-5-3-6-12-15(10)11(2)9-13(17)16(12)8-4-7-14(16)18/h3,5-6,11,13H,4,7-9H2,1-2H3/t11-,13-,16+/m0/s1. The van der Waals surface area contributed by atoms with Crippen LogP contribution in [-0.4, -0.2) is 10.6 Å². The highest BCUT2D eigenvalue weighted by molar-refractivity contribution is 9.09. The summed E-state index contributed by atoms with van der Waals surface area (Å²) in [6.07, 6.45) is 3.89. The van der Waals surface area contributed by atoms with Crippen LogP contribution < -0.4 is 0 Å². The number of hydrogen-bond donors (Lipinski definition) is 0. The molecule has 2 aliphatic rings. The first-order valence-electron chi connectivity index (χ1n) is 6.84. The molecule has 1 aromatic rings. The van der Waals surface area contributed by atoms with Crippen molar-refractivity contribution in [3.63, 3.8) is 0 Å². The van der Waals surface area contributed by atoms with Crippen LogP contribution in [0.2, 0.25) is 0 Å². The van der Waals surface area contributed by atoms with E-state index in [1.807, 2.05) is 0 Å². The van der Waals surface area contributed by atoms with Gasteiger partial charge in [-0.2, -0.15) is 0 Å². The molecule has 0 bridgehead atoms. The largest absolute Gasteiger partial charge is 0.299 e. The van der Waals surface area contributed by atoms with Gasteiger partial charge in [0.25, 0.3) is 0 Å². The molecule has 0 amide bonds. The molecular weight excluding hydrogens is 288 g/mol. The minimum Gasteiger partial charge on any atom is -0.299 e. The number of carbonyl (C=O) groups excluding carboxylic acids is 1. The Balaban J connectivity index is 2.26. The molecule has 2 aliphatic carbocycles. The van der Waals surface area contributed by atoms with Crippen molar-refractivity contribution >= 4 is 21.7 Å². The SMILES string of the molecule is Cc1cccc2c1[C@@H](C)C[C@H](Br)[C@@]21CCCC1=O. The minimum absolute atomic E-state index is 0.228. The monoisotopic (exact) mass is 306 g/mol. The Morgan fingerprint density at radius 1 is 1.39 bits per heavy atom. The van der Waals surface area contributed by atoms with Crippen molar-refractivity contribution in [2.45, 2.75) is 55.7 Å². The Bertz CT molecular complexity index is 508. The van der Waals surface area contributed by atoms with Gasteiger partial charge in [-0.3, -0.25) is 4.79 Å². The van der Waals surface area contributed by atoms with Gasteiger partial charge in [0.15, 0.2) is 0 Å². The van der Waals surface area contributed by atoms with E-state index in [1.165, 1.54) is 16.7 Å². The van der Waals surface area contributed by atoms with Gasteiger partial charge in [0.05, 0.1) is 5.41 Å². The van der Waals surface area contributed by atoms with E-state index < -0.39 is 0 Å². The average molecular weight is 307 g/mol. The molecule has 1 nitrogen and oxygen atoms in total. The Labute approximate surface area is 117 Å². The fourth-order valence-electron chi connectivity index (χ4n) is 4.03. The van der Waals surface area contributed by atoms with Crippen molar-refractivity contribution in [3.8, 4) is 0 Å². The predicted octanol–water partition coefficient (Wildman–Crippen LogP) is 4.26. The van der Waals surface area contributed by atoms with Gasteiger partial charge in [0.2, 0.25) is 0 Å². The second-order valence-electron chi connectivity index (χ2n) is 5.89. The van der Waals surface area contributed by atoms with Gasteiger partial charge in [-0.05, 0) is 48.8 Å². The van der Waals surface area contributed by atoms with Crippen LogP contribution in [-0.2, 0) is 10.2 Å². The van der Waals surface area contributed by atoms with E-state index >= 15 is 0 Å². The maximum atomic E-state index is 12.5. The molecule has 96 valence electrons. The molecule has 2 heteroatoms. The summed E-state index contributed by atoms with van der Waals surface area (Å²) in [6, 6.07) is 6.48. The fourth-order valence-corrected chi connectivity index (χ4v) is 5.32. The first-order chi connectivity index (χ1) is 8.57. The molecule has 0 radical (unpaired) electrons. The van der Waals surface area contributed by atoms with Crippen LogP contribution in [0.4, 0.5) is 0 Å². The molecule has 0 saturated heterocycles. The van der Waals surface area contributed by atoms with Crippen LogP contribution in [0.1, 0.15) is 55.2 Å². The first kappa shape index (κ1) is 12.4. The lowest BCUT2D eigenvalue weighted by Crippen LogP contribution is -2.44. The maximum absolute atomic E-state index is 12.5. The predicted molar refractivity (Wildman–Crippen MR) is 77.5 cm³/mol. The molecule has 0 aromatic heterocycles. The summed E-state index contributed by atoms with van der Waals surface area (Å²) < 4.78 is 0. The third-order valence-electron chi connectivity index (χ3n) is 4.87. The second-order valence-corrected chi connectivity index (χ2v) is 6.99. The number of carbonyl (C=O) groups is 1. The van der Waals surface area contributed by atoms with Crippen LogP contribution in [0.25, 0.3) is 0 Å². The Hall–Kier alpha value is -0.630. The Kier molecular flexibility index (Phi) is 2.89. The summed E-state index contributed by atoms with van der Waals surface area (Å²) in [4.78, 5) is 12.8. The first-order valence-corrected chi connectivity index (χ1v) is 7.76. The van der Waals surface area contributed by atoms with E-state index in [1.54, 1.807) is 0 Å². The fraction of sp³-hybridized carbons (Fsp3) is 0.562. The third kappa shape index (κ3) is 1.48. The molecule has 3 rings (SSSR count). The summed E-state index contributed by atoms with van der Waals surface area (Å²) in [5.74, 6) is 0.993. The summed E-state index contributed by atoms with van der Waals surface area (Å²) in [7, 11) is 0. The van der Waals surface area contributed by atoms with Crippen molar-refractivity contribution in [2.75, 3.05) is 0 Å². The number of aryl methyl sites for hydroxylation is 1. The normalized spacial score (nSPS) is 34.9. The number of Topliss-reactive ketones (excluding diaryl/α,β-unsaturated/α-hetero) is 1. The number of benzene rings is 1. The molecule has 1 fully saturated rings. The van der Waals surface area contributed by atoms with Crippen LogP contribution >= 0.6 is 15.9 Å². The summed E-state index contributed by atoms with van der Waals surface area (Å²) in [5, 5.41) is 0. The van der Waals surface area contributed by atoms with Gasteiger partial charge in [0, 0.05) is 11.2 Å². The molecule has 0 heterocycles. The molecule has 1 aromatic carbocycles. The number of hydrogen-bond acceptors (Lipinski definition) is 1. The van der Waals surface area contributed by atoms with Crippen LogP contribution in [0.5, 0.6) is 0 Å². The van der Waals surface area contributed by atoms with Crippen molar-refractivity contribution in [1.82, 2.24) is 0 Å². The summed E-state index contributed by atoms with van der Waals surface area (Å²) in [6.45, 7) is 4.46. The van der Waals surface area contributed by atoms with Crippen LogP contribution in [0.15, 0.2) is 18.2 Å². The van der Waals surface area contributed by atoms with Gasteiger partial charge in [-0.25, -0.2) is 0 Å². The highest BCUT2D eigenvalue weighted by Crippen LogP contribution is 2.53.